The van der Waals surface area contributed by atoms with E-state index in [-0.39, 0.29) is 5.56 Å². The molecule has 0 unspecified atom stereocenters. The number of fused-ring (bicyclic) bond motifs is 5. The van der Waals surface area contributed by atoms with Crippen LogP contribution in [0.5, 0.6) is 5.75 Å². The summed E-state index contributed by atoms with van der Waals surface area (Å²) in [6.45, 7) is 0. The highest BCUT2D eigenvalue weighted by molar-refractivity contribution is 6.18. The normalized spacial score (nSPS) is 11.9. The third-order valence-corrected chi connectivity index (χ3v) is 4.35. The van der Waals surface area contributed by atoms with Crippen LogP contribution in [0.2, 0.25) is 0 Å². The second-order valence-corrected chi connectivity index (χ2v) is 5.48. The van der Waals surface area contributed by atoms with Gasteiger partial charge in [0.25, 0.3) is 5.56 Å². The van der Waals surface area contributed by atoms with Crippen LogP contribution in [-0.2, 0) is 0 Å². The van der Waals surface area contributed by atoms with Gasteiger partial charge in [0.1, 0.15) is 11.3 Å². The van der Waals surface area contributed by atoms with Gasteiger partial charge in [0, 0.05) is 28.6 Å². The Balaban J connectivity index is 2.21. The largest absolute Gasteiger partial charge is 0.497 e. The molecule has 0 saturated carbocycles. The summed E-state index contributed by atoms with van der Waals surface area (Å²) in [7, 11) is 1.64. The highest BCUT2D eigenvalue weighted by atomic mass is 16.5. The van der Waals surface area contributed by atoms with Crippen molar-refractivity contribution in [2.75, 3.05) is 7.11 Å². The van der Waals surface area contributed by atoms with Crippen molar-refractivity contribution < 1.29 is 4.74 Å². The molecule has 0 aliphatic heterocycles. The monoisotopic (exact) mass is 301 g/mol. The van der Waals surface area contributed by atoms with Crippen LogP contribution in [0.15, 0.2) is 53.6 Å². The molecule has 5 rings (SSSR count). The van der Waals surface area contributed by atoms with Gasteiger partial charge in [-0.3, -0.25) is 19.2 Å². The van der Waals surface area contributed by atoms with Crippen molar-refractivity contribution in [3.05, 3.63) is 59.1 Å². The lowest BCUT2D eigenvalue weighted by atomic mass is 10.1. The van der Waals surface area contributed by atoms with E-state index in [1.54, 1.807) is 23.9 Å². The number of nitrogens with zero attached hydrogens (tertiary/aromatic N) is 3. The van der Waals surface area contributed by atoms with Crippen LogP contribution in [0.25, 0.3) is 38.2 Å². The molecule has 4 aromatic heterocycles. The Labute approximate surface area is 130 Å². The zero-order chi connectivity index (χ0) is 15.6. The first-order valence-corrected chi connectivity index (χ1v) is 7.27. The maximum Gasteiger partial charge on any atom is 0.282 e. The van der Waals surface area contributed by atoms with Crippen molar-refractivity contribution in [2.45, 2.75) is 0 Å². The molecule has 5 nitrogen and oxygen atoms in total. The minimum atomic E-state index is -0.119. The van der Waals surface area contributed by atoms with Crippen molar-refractivity contribution in [3.8, 4) is 5.75 Å². The second kappa shape index (κ2) is 4.16. The predicted molar refractivity (Wildman–Crippen MR) is 89.5 cm³/mol. The molecule has 4 heterocycles. The minimum absolute atomic E-state index is 0.119. The van der Waals surface area contributed by atoms with Crippen molar-refractivity contribution >= 4 is 38.2 Å². The van der Waals surface area contributed by atoms with Gasteiger partial charge in [-0.15, -0.1) is 0 Å². The Kier molecular flexibility index (Phi) is 2.24. The molecule has 0 N–H and O–H groups in total. The number of benzene rings is 1. The van der Waals surface area contributed by atoms with Crippen LogP contribution in [0, 0.1) is 0 Å². The Morgan fingerprint density at radius 1 is 0.957 bits per heavy atom. The van der Waals surface area contributed by atoms with Crippen molar-refractivity contribution in [3.63, 3.8) is 0 Å². The van der Waals surface area contributed by atoms with Crippen LogP contribution in [-0.4, -0.2) is 21.5 Å². The standard InChI is InChI=1S/C18H11N3O2/c1-23-10-4-5-14-13(9-10)11-6-8-20-15-12-3-2-7-19-16(12)18(22)21(14)17(11)15/h2-9H,1H3. The summed E-state index contributed by atoms with van der Waals surface area (Å²) in [6.07, 6.45) is 3.41. The van der Waals surface area contributed by atoms with Gasteiger partial charge in [0.05, 0.1) is 23.7 Å². The number of ether oxygens (including phenoxy) is 1. The molecule has 5 aromatic rings. The van der Waals surface area contributed by atoms with Crippen molar-refractivity contribution in [1.82, 2.24) is 14.4 Å². The highest BCUT2D eigenvalue weighted by Crippen LogP contribution is 2.34. The van der Waals surface area contributed by atoms with E-state index in [1.165, 1.54) is 0 Å². The van der Waals surface area contributed by atoms with E-state index in [2.05, 4.69) is 9.97 Å². The lowest BCUT2D eigenvalue weighted by Gasteiger charge is -2.04. The Morgan fingerprint density at radius 2 is 1.83 bits per heavy atom. The Bertz CT molecular complexity index is 1270. The Morgan fingerprint density at radius 3 is 2.70 bits per heavy atom. The minimum Gasteiger partial charge on any atom is -0.497 e. The van der Waals surface area contributed by atoms with Crippen LogP contribution in [0.1, 0.15) is 0 Å². The van der Waals surface area contributed by atoms with Crippen LogP contribution >= 0.6 is 0 Å². The quantitative estimate of drug-likeness (QED) is 0.447. The molecule has 23 heavy (non-hydrogen) atoms. The van der Waals surface area contributed by atoms with E-state index in [0.717, 1.165) is 38.5 Å². The van der Waals surface area contributed by atoms with Gasteiger partial charge >= 0.3 is 0 Å². The highest BCUT2D eigenvalue weighted by Gasteiger charge is 2.18. The zero-order valence-electron chi connectivity index (χ0n) is 12.3. The molecule has 0 radical (unpaired) electrons. The fraction of sp³-hybridized carbons (Fsp3) is 0.0556. The fourth-order valence-corrected chi connectivity index (χ4v) is 3.35. The van der Waals surface area contributed by atoms with Crippen LogP contribution in [0.3, 0.4) is 0 Å². The lowest BCUT2D eigenvalue weighted by molar-refractivity contribution is 0.415. The summed E-state index contributed by atoms with van der Waals surface area (Å²) in [5, 5.41) is 2.75. The van der Waals surface area contributed by atoms with Crippen molar-refractivity contribution in [2.24, 2.45) is 0 Å². The number of pyridine rings is 3. The summed E-state index contributed by atoms with van der Waals surface area (Å²) in [4.78, 5) is 21.7. The molecule has 0 amide bonds. The number of methoxy groups -OCH3 is 1. The average molecular weight is 301 g/mol. The zero-order valence-corrected chi connectivity index (χ0v) is 12.3. The van der Waals surface area contributed by atoms with Gasteiger partial charge in [0.15, 0.2) is 0 Å². The summed E-state index contributed by atoms with van der Waals surface area (Å²) >= 11 is 0. The van der Waals surface area contributed by atoms with E-state index in [4.69, 9.17) is 4.74 Å². The number of aromatic nitrogens is 3. The topological polar surface area (TPSA) is 56.5 Å². The van der Waals surface area contributed by atoms with Gasteiger partial charge < -0.3 is 4.74 Å². The first-order valence-electron chi connectivity index (χ1n) is 7.27. The van der Waals surface area contributed by atoms with E-state index < -0.39 is 0 Å². The first kappa shape index (κ1) is 12.3. The van der Waals surface area contributed by atoms with Crippen LogP contribution in [0.4, 0.5) is 0 Å². The molecule has 0 aliphatic carbocycles. The fourth-order valence-electron chi connectivity index (χ4n) is 3.35. The van der Waals surface area contributed by atoms with Crippen molar-refractivity contribution in [1.29, 1.82) is 0 Å². The molecule has 1 aromatic carbocycles. The third kappa shape index (κ3) is 1.43. The molecule has 5 heteroatoms. The van der Waals surface area contributed by atoms with Gasteiger partial charge in [-0.05, 0) is 36.4 Å². The van der Waals surface area contributed by atoms with E-state index in [0.29, 0.717) is 5.52 Å². The number of rotatable bonds is 1. The molecular formula is C18H11N3O2. The maximum atomic E-state index is 13.0. The Hall–Kier alpha value is -3.21. The average Bonchev–Trinajstić information content (AvgIpc) is 2.94. The molecule has 0 aliphatic rings. The molecular weight excluding hydrogens is 290 g/mol. The third-order valence-electron chi connectivity index (χ3n) is 4.35. The van der Waals surface area contributed by atoms with Crippen LogP contribution < -0.4 is 10.3 Å². The van der Waals surface area contributed by atoms with E-state index in [1.807, 2.05) is 36.4 Å². The summed E-state index contributed by atoms with van der Waals surface area (Å²) < 4.78 is 7.04. The van der Waals surface area contributed by atoms with E-state index in [9.17, 15) is 4.79 Å². The van der Waals surface area contributed by atoms with Gasteiger partial charge in [-0.25, -0.2) is 0 Å². The SMILES string of the molecule is COc1ccc2c(c1)c1ccnc3c4cccnc4c(=O)n2c13. The molecule has 0 spiro atoms. The summed E-state index contributed by atoms with van der Waals surface area (Å²) in [5.74, 6) is 0.761. The van der Waals surface area contributed by atoms with E-state index >= 15 is 0 Å². The number of hydrogen-bond donors (Lipinski definition) is 0. The lowest BCUT2D eigenvalue weighted by Crippen LogP contribution is -2.14. The summed E-state index contributed by atoms with van der Waals surface area (Å²) in [5.41, 5.74) is 2.79. The molecule has 0 fully saturated rings. The van der Waals surface area contributed by atoms with Gasteiger partial charge in [-0.2, -0.15) is 0 Å². The summed E-state index contributed by atoms with van der Waals surface area (Å²) in [6, 6.07) is 11.4. The second-order valence-electron chi connectivity index (χ2n) is 5.48. The smallest absolute Gasteiger partial charge is 0.282 e. The molecule has 0 bridgehead atoms. The molecule has 0 saturated heterocycles. The predicted octanol–water partition coefficient (Wildman–Crippen LogP) is 3.00. The maximum absolute atomic E-state index is 13.0. The molecule has 110 valence electrons. The van der Waals surface area contributed by atoms with Gasteiger partial charge in [-0.1, -0.05) is 0 Å². The molecule has 0 atom stereocenters. The first-order chi connectivity index (χ1) is 11.3. The number of hydrogen-bond acceptors (Lipinski definition) is 4. The van der Waals surface area contributed by atoms with Gasteiger partial charge in [0.2, 0.25) is 0 Å².